The van der Waals surface area contributed by atoms with Gasteiger partial charge < -0.3 is 9.84 Å². The van der Waals surface area contributed by atoms with Crippen molar-refractivity contribution in [2.24, 2.45) is 0 Å². The van der Waals surface area contributed by atoms with Gasteiger partial charge in [-0.05, 0) is 35.4 Å². The molecule has 2 aromatic rings. The van der Waals surface area contributed by atoms with Crippen LogP contribution in [-0.2, 0) is 0 Å². The summed E-state index contributed by atoms with van der Waals surface area (Å²) >= 11 is 0. The largest absolute Gasteiger partial charge is 0.496 e. The molecule has 3 nitrogen and oxygen atoms in total. The van der Waals surface area contributed by atoms with Crippen molar-refractivity contribution in [1.29, 1.82) is 0 Å². The molecule has 0 radical (unpaired) electrons. The van der Waals surface area contributed by atoms with Crippen molar-refractivity contribution in [3.8, 4) is 5.75 Å². The van der Waals surface area contributed by atoms with Crippen molar-refractivity contribution in [2.45, 2.75) is 6.92 Å². The Morgan fingerprint density at radius 3 is 2.69 bits per heavy atom. The number of ether oxygens (including phenoxy) is 1. The number of carboxylic acids is 1. The van der Waals surface area contributed by atoms with Crippen LogP contribution in [0, 0.1) is 6.92 Å². The van der Waals surface area contributed by atoms with Gasteiger partial charge in [0.15, 0.2) is 0 Å². The first-order valence-corrected chi connectivity index (χ1v) is 4.94. The average Bonchev–Trinajstić information content (AvgIpc) is 2.28. The van der Waals surface area contributed by atoms with Crippen molar-refractivity contribution < 1.29 is 14.6 Å². The smallest absolute Gasteiger partial charge is 0.339 e. The van der Waals surface area contributed by atoms with Gasteiger partial charge in [0.25, 0.3) is 0 Å². The Morgan fingerprint density at radius 2 is 2.06 bits per heavy atom. The van der Waals surface area contributed by atoms with Crippen molar-refractivity contribution in [2.75, 3.05) is 7.11 Å². The fourth-order valence-electron chi connectivity index (χ4n) is 1.80. The van der Waals surface area contributed by atoms with E-state index in [0.29, 0.717) is 5.75 Å². The summed E-state index contributed by atoms with van der Waals surface area (Å²) in [6.07, 6.45) is 0. The Labute approximate surface area is 93.3 Å². The van der Waals surface area contributed by atoms with Crippen LogP contribution < -0.4 is 4.74 Å². The van der Waals surface area contributed by atoms with Crippen LogP contribution >= 0.6 is 0 Å². The van der Waals surface area contributed by atoms with Gasteiger partial charge in [0.1, 0.15) is 11.3 Å². The molecular formula is C13H12O3. The summed E-state index contributed by atoms with van der Waals surface area (Å²) in [5.41, 5.74) is 1.30. The van der Waals surface area contributed by atoms with Gasteiger partial charge in [0.2, 0.25) is 0 Å². The topological polar surface area (TPSA) is 46.5 Å². The monoisotopic (exact) mass is 216 g/mol. The van der Waals surface area contributed by atoms with Gasteiger partial charge in [-0.2, -0.15) is 0 Å². The fraction of sp³-hybridized carbons (Fsp3) is 0.154. The van der Waals surface area contributed by atoms with Crippen LogP contribution in [0.2, 0.25) is 0 Å². The van der Waals surface area contributed by atoms with Gasteiger partial charge in [-0.1, -0.05) is 18.2 Å². The first-order valence-electron chi connectivity index (χ1n) is 4.94. The van der Waals surface area contributed by atoms with Crippen molar-refractivity contribution in [1.82, 2.24) is 0 Å². The summed E-state index contributed by atoms with van der Waals surface area (Å²) in [4.78, 5) is 11.0. The van der Waals surface area contributed by atoms with Crippen LogP contribution in [0.25, 0.3) is 10.8 Å². The summed E-state index contributed by atoms with van der Waals surface area (Å²) in [6.45, 7) is 1.99. The van der Waals surface area contributed by atoms with Crippen molar-refractivity contribution in [3.63, 3.8) is 0 Å². The molecule has 16 heavy (non-hydrogen) atoms. The van der Waals surface area contributed by atoms with E-state index in [-0.39, 0.29) is 5.56 Å². The van der Waals surface area contributed by atoms with E-state index in [4.69, 9.17) is 9.84 Å². The van der Waals surface area contributed by atoms with Crippen LogP contribution in [0.1, 0.15) is 15.9 Å². The predicted octanol–water partition coefficient (Wildman–Crippen LogP) is 2.86. The first-order chi connectivity index (χ1) is 7.63. The molecule has 0 fully saturated rings. The third kappa shape index (κ3) is 1.60. The molecule has 0 spiro atoms. The summed E-state index contributed by atoms with van der Waals surface area (Å²) in [5, 5.41) is 11.0. The van der Waals surface area contributed by atoms with Gasteiger partial charge in [-0.3, -0.25) is 0 Å². The van der Waals surface area contributed by atoms with Crippen LogP contribution in [0.3, 0.4) is 0 Å². The first kappa shape index (κ1) is 10.5. The highest BCUT2D eigenvalue weighted by Crippen LogP contribution is 2.27. The molecule has 0 amide bonds. The van der Waals surface area contributed by atoms with E-state index in [2.05, 4.69) is 0 Å². The third-order valence-electron chi connectivity index (χ3n) is 2.65. The molecule has 0 saturated carbocycles. The molecule has 82 valence electrons. The number of carboxylic acid groups (broad SMARTS) is 1. The lowest BCUT2D eigenvalue weighted by Crippen LogP contribution is -2.00. The molecule has 0 heterocycles. The molecule has 2 rings (SSSR count). The summed E-state index contributed by atoms with van der Waals surface area (Å²) in [5.74, 6) is -0.574. The van der Waals surface area contributed by atoms with Crippen LogP contribution in [0.5, 0.6) is 5.75 Å². The number of fused-ring (bicyclic) bond motifs is 1. The number of hydrogen-bond donors (Lipinski definition) is 1. The Kier molecular flexibility index (Phi) is 2.52. The Hall–Kier alpha value is -2.03. The lowest BCUT2D eigenvalue weighted by Gasteiger charge is -2.08. The number of hydrogen-bond acceptors (Lipinski definition) is 2. The zero-order valence-electron chi connectivity index (χ0n) is 9.15. The van der Waals surface area contributed by atoms with E-state index in [1.54, 1.807) is 12.1 Å². The van der Waals surface area contributed by atoms with Crippen LogP contribution in [0.15, 0.2) is 30.3 Å². The van der Waals surface area contributed by atoms with E-state index < -0.39 is 5.97 Å². The fourth-order valence-corrected chi connectivity index (χ4v) is 1.80. The molecular weight excluding hydrogens is 204 g/mol. The number of rotatable bonds is 2. The normalized spacial score (nSPS) is 10.4. The average molecular weight is 216 g/mol. The highest BCUT2D eigenvalue weighted by atomic mass is 16.5. The molecule has 0 aliphatic heterocycles. The van der Waals surface area contributed by atoms with E-state index >= 15 is 0 Å². The molecule has 0 aliphatic rings. The van der Waals surface area contributed by atoms with E-state index in [1.165, 1.54) is 7.11 Å². The van der Waals surface area contributed by atoms with Gasteiger partial charge in [-0.15, -0.1) is 0 Å². The van der Waals surface area contributed by atoms with Crippen LogP contribution in [-0.4, -0.2) is 18.2 Å². The van der Waals surface area contributed by atoms with Crippen LogP contribution in [0.4, 0.5) is 0 Å². The number of aryl methyl sites for hydroxylation is 1. The number of carbonyl (C=O) groups is 1. The lowest BCUT2D eigenvalue weighted by molar-refractivity contribution is 0.0693. The summed E-state index contributed by atoms with van der Waals surface area (Å²) < 4.78 is 5.09. The van der Waals surface area contributed by atoms with E-state index in [1.807, 2.05) is 25.1 Å². The second kappa shape index (κ2) is 3.85. The third-order valence-corrected chi connectivity index (χ3v) is 2.65. The number of aromatic carboxylic acids is 1. The molecule has 0 aliphatic carbocycles. The second-order valence-electron chi connectivity index (χ2n) is 3.65. The minimum Gasteiger partial charge on any atom is -0.496 e. The van der Waals surface area contributed by atoms with Gasteiger partial charge in [-0.25, -0.2) is 4.79 Å². The van der Waals surface area contributed by atoms with Crippen molar-refractivity contribution >= 4 is 16.7 Å². The number of methoxy groups -OCH3 is 1. The number of benzene rings is 2. The SMILES string of the molecule is COc1cc2c(C)cccc2cc1C(=O)O. The zero-order valence-corrected chi connectivity index (χ0v) is 9.15. The molecule has 3 heteroatoms. The van der Waals surface area contributed by atoms with Crippen molar-refractivity contribution in [3.05, 3.63) is 41.5 Å². The maximum Gasteiger partial charge on any atom is 0.339 e. The molecule has 0 atom stereocenters. The van der Waals surface area contributed by atoms with Gasteiger partial charge in [0.05, 0.1) is 7.11 Å². The Bertz CT molecular complexity index is 558. The molecule has 0 saturated heterocycles. The summed E-state index contributed by atoms with van der Waals surface area (Å²) in [6, 6.07) is 9.21. The van der Waals surface area contributed by atoms with E-state index in [9.17, 15) is 4.79 Å². The molecule has 2 aromatic carbocycles. The highest BCUT2D eigenvalue weighted by molar-refractivity contribution is 5.98. The predicted molar refractivity (Wildman–Crippen MR) is 62.2 cm³/mol. The summed E-state index contributed by atoms with van der Waals surface area (Å²) in [7, 11) is 1.48. The Balaban J connectivity index is 2.80. The zero-order chi connectivity index (χ0) is 11.7. The lowest BCUT2D eigenvalue weighted by atomic mass is 10.0. The maximum atomic E-state index is 11.0. The molecule has 0 aromatic heterocycles. The minimum absolute atomic E-state index is 0.195. The standard InChI is InChI=1S/C13H12O3/c1-8-4-3-5-9-6-11(13(14)15)12(16-2)7-10(8)9/h3-7H,1-2H3,(H,14,15). The molecule has 1 N–H and O–H groups in total. The van der Waals surface area contributed by atoms with E-state index in [0.717, 1.165) is 16.3 Å². The van der Waals surface area contributed by atoms with Gasteiger partial charge >= 0.3 is 5.97 Å². The van der Waals surface area contributed by atoms with Gasteiger partial charge in [0, 0.05) is 0 Å². The Morgan fingerprint density at radius 1 is 1.31 bits per heavy atom. The highest BCUT2D eigenvalue weighted by Gasteiger charge is 2.12. The quantitative estimate of drug-likeness (QED) is 0.839. The molecule has 0 bridgehead atoms. The minimum atomic E-state index is -0.972. The second-order valence-corrected chi connectivity index (χ2v) is 3.65. The molecule has 0 unspecified atom stereocenters. The maximum absolute atomic E-state index is 11.0.